The summed E-state index contributed by atoms with van der Waals surface area (Å²) in [5.74, 6) is -1.95. The molecule has 1 heterocycles. The molecule has 1 rings (SSSR count). The van der Waals surface area contributed by atoms with Crippen LogP contribution in [0, 0.1) is 0 Å². The van der Waals surface area contributed by atoms with Crippen molar-refractivity contribution in [2.45, 2.75) is 45.4 Å². The minimum Gasteiger partial charge on any atom is -0.456 e. The van der Waals surface area contributed by atoms with Gasteiger partial charge in [-0.05, 0) is 0 Å². The number of ether oxygens (including phenoxy) is 4. The molecular weight excluding hydrogens is 260 g/mol. The molecule has 0 spiro atoms. The summed E-state index contributed by atoms with van der Waals surface area (Å²) in [6.45, 7) is 3.29. The van der Waals surface area contributed by atoms with Crippen molar-refractivity contribution in [2.75, 3.05) is 6.61 Å². The Morgan fingerprint density at radius 1 is 0.947 bits per heavy atom. The van der Waals surface area contributed by atoms with Crippen LogP contribution in [0.4, 0.5) is 0 Å². The van der Waals surface area contributed by atoms with E-state index in [1.54, 1.807) is 0 Å². The molecule has 0 aromatic heterocycles. The van der Waals surface area contributed by atoms with Crippen LogP contribution in [0.25, 0.3) is 0 Å². The smallest absolute Gasteiger partial charge is 0.303 e. The molecule has 0 aromatic carbocycles. The highest BCUT2D eigenvalue weighted by Gasteiger charge is 2.46. The summed E-state index contributed by atoms with van der Waals surface area (Å²) < 4.78 is 19.6. The number of aliphatic hydroxyl groups is 1. The number of hydrogen-bond acceptors (Lipinski definition) is 8. The summed E-state index contributed by atoms with van der Waals surface area (Å²) in [6.07, 6.45) is -4.78. The minimum absolute atomic E-state index is 0.170. The van der Waals surface area contributed by atoms with Crippen molar-refractivity contribution in [3.63, 3.8) is 0 Å². The fourth-order valence-corrected chi connectivity index (χ4v) is 1.72. The van der Waals surface area contributed by atoms with Crippen LogP contribution in [0.2, 0.25) is 0 Å². The van der Waals surface area contributed by atoms with Crippen LogP contribution in [0.1, 0.15) is 20.8 Å². The van der Waals surface area contributed by atoms with E-state index in [2.05, 4.69) is 0 Å². The van der Waals surface area contributed by atoms with Gasteiger partial charge >= 0.3 is 17.9 Å². The molecule has 0 radical (unpaired) electrons. The number of esters is 3. The standard InChI is InChI=1S/C11H16O8/c1-5(12)17-8-4-16-11(15)10(19-7(3)14)9(8)18-6(2)13/h8-11,15H,4H2,1-3H3/t8-,9+,10+,11-/m0/s1. The van der Waals surface area contributed by atoms with Gasteiger partial charge in [-0.3, -0.25) is 14.4 Å². The van der Waals surface area contributed by atoms with Gasteiger partial charge in [0, 0.05) is 20.8 Å². The highest BCUT2D eigenvalue weighted by atomic mass is 16.7. The van der Waals surface area contributed by atoms with Gasteiger partial charge in [-0.1, -0.05) is 0 Å². The van der Waals surface area contributed by atoms with Crippen LogP contribution in [-0.2, 0) is 33.3 Å². The lowest BCUT2D eigenvalue weighted by molar-refractivity contribution is -0.267. The van der Waals surface area contributed by atoms with E-state index < -0.39 is 42.5 Å². The van der Waals surface area contributed by atoms with E-state index in [1.807, 2.05) is 0 Å². The summed E-state index contributed by atoms with van der Waals surface area (Å²) in [7, 11) is 0. The fourth-order valence-electron chi connectivity index (χ4n) is 1.72. The molecule has 0 saturated carbocycles. The molecule has 1 N–H and O–H groups in total. The molecule has 1 saturated heterocycles. The molecule has 19 heavy (non-hydrogen) atoms. The predicted octanol–water partition coefficient (Wildman–Crippen LogP) is -0.870. The van der Waals surface area contributed by atoms with Crippen LogP contribution >= 0.6 is 0 Å². The van der Waals surface area contributed by atoms with Crippen molar-refractivity contribution in [3.05, 3.63) is 0 Å². The van der Waals surface area contributed by atoms with Crippen molar-refractivity contribution in [2.24, 2.45) is 0 Å². The van der Waals surface area contributed by atoms with Gasteiger partial charge in [0.15, 0.2) is 24.6 Å². The SMILES string of the molecule is CC(=O)O[C@@H]1[C@H](OC(C)=O)[C@@H](OC(C)=O)CO[C@@H]1O. The molecule has 8 heteroatoms. The molecule has 8 nitrogen and oxygen atoms in total. The van der Waals surface area contributed by atoms with Crippen molar-refractivity contribution >= 4 is 17.9 Å². The average Bonchev–Trinajstić information content (AvgIpc) is 2.25. The Bertz CT molecular complexity index is 366. The Labute approximate surface area is 109 Å². The van der Waals surface area contributed by atoms with Crippen LogP contribution in [0.15, 0.2) is 0 Å². The van der Waals surface area contributed by atoms with E-state index in [0.717, 1.165) is 13.8 Å². The maximum atomic E-state index is 11.1. The normalized spacial score (nSPS) is 30.3. The predicted molar refractivity (Wildman–Crippen MR) is 58.6 cm³/mol. The lowest BCUT2D eigenvalue weighted by atomic mass is 10.0. The Morgan fingerprint density at radius 2 is 1.42 bits per heavy atom. The molecule has 0 aromatic rings. The van der Waals surface area contributed by atoms with E-state index in [-0.39, 0.29) is 6.61 Å². The van der Waals surface area contributed by atoms with Gasteiger partial charge in [0.25, 0.3) is 0 Å². The van der Waals surface area contributed by atoms with E-state index in [0.29, 0.717) is 0 Å². The summed E-state index contributed by atoms with van der Waals surface area (Å²) in [5.41, 5.74) is 0. The second-order valence-electron chi connectivity index (χ2n) is 4.02. The molecule has 4 atom stereocenters. The van der Waals surface area contributed by atoms with Gasteiger partial charge in [0.1, 0.15) is 0 Å². The van der Waals surface area contributed by atoms with Crippen LogP contribution in [0.3, 0.4) is 0 Å². The topological polar surface area (TPSA) is 108 Å². The summed E-state index contributed by atoms with van der Waals surface area (Å²) >= 11 is 0. The third-order valence-electron chi connectivity index (χ3n) is 2.32. The number of carbonyl (C=O) groups is 3. The zero-order valence-corrected chi connectivity index (χ0v) is 10.8. The molecule has 0 aliphatic carbocycles. The first kappa shape index (κ1) is 15.4. The van der Waals surface area contributed by atoms with Gasteiger partial charge in [-0.25, -0.2) is 0 Å². The lowest BCUT2D eigenvalue weighted by Crippen LogP contribution is -2.57. The zero-order chi connectivity index (χ0) is 14.6. The summed E-state index contributed by atoms with van der Waals surface area (Å²) in [5, 5.41) is 9.62. The van der Waals surface area contributed by atoms with Crippen LogP contribution in [0.5, 0.6) is 0 Å². The maximum absolute atomic E-state index is 11.1. The second kappa shape index (κ2) is 6.48. The quantitative estimate of drug-likeness (QED) is 0.523. The van der Waals surface area contributed by atoms with Gasteiger partial charge in [-0.2, -0.15) is 0 Å². The third kappa shape index (κ3) is 4.49. The number of aliphatic hydroxyl groups excluding tert-OH is 1. The number of hydrogen-bond donors (Lipinski definition) is 1. The maximum Gasteiger partial charge on any atom is 0.303 e. The van der Waals surface area contributed by atoms with E-state index in [9.17, 15) is 19.5 Å². The fraction of sp³-hybridized carbons (Fsp3) is 0.727. The zero-order valence-electron chi connectivity index (χ0n) is 10.8. The van der Waals surface area contributed by atoms with Crippen molar-refractivity contribution in [3.8, 4) is 0 Å². The van der Waals surface area contributed by atoms with Crippen molar-refractivity contribution < 1.29 is 38.4 Å². The minimum atomic E-state index is -1.46. The summed E-state index contributed by atoms with van der Waals surface area (Å²) in [4.78, 5) is 33.0. The average molecular weight is 276 g/mol. The third-order valence-corrected chi connectivity index (χ3v) is 2.32. The highest BCUT2D eigenvalue weighted by molar-refractivity contribution is 5.68. The van der Waals surface area contributed by atoms with Crippen LogP contribution in [-0.4, -0.2) is 54.2 Å². The largest absolute Gasteiger partial charge is 0.456 e. The summed E-state index contributed by atoms with van der Waals surface area (Å²) in [6, 6.07) is 0. The van der Waals surface area contributed by atoms with Gasteiger partial charge in [0.05, 0.1) is 6.61 Å². The lowest BCUT2D eigenvalue weighted by Gasteiger charge is -2.38. The molecule has 1 fully saturated rings. The Balaban J connectivity index is 2.89. The first-order valence-electron chi connectivity index (χ1n) is 5.62. The van der Waals surface area contributed by atoms with Crippen molar-refractivity contribution in [1.29, 1.82) is 0 Å². The highest BCUT2D eigenvalue weighted by Crippen LogP contribution is 2.23. The van der Waals surface area contributed by atoms with Crippen molar-refractivity contribution in [1.82, 2.24) is 0 Å². The van der Waals surface area contributed by atoms with Gasteiger partial charge in [0.2, 0.25) is 0 Å². The van der Waals surface area contributed by atoms with E-state index in [1.165, 1.54) is 6.92 Å². The second-order valence-corrected chi connectivity index (χ2v) is 4.02. The molecule has 0 amide bonds. The molecule has 108 valence electrons. The molecule has 1 aliphatic rings. The number of carbonyl (C=O) groups excluding carboxylic acids is 3. The Hall–Kier alpha value is -1.67. The van der Waals surface area contributed by atoms with Gasteiger partial charge < -0.3 is 24.1 Å². The van der Waals surface area contributed by atoms with E-state index in [4.69, 9.17) is 18.9 Å². The first-order valence-corrected chi connectivity index (χ1v) is 5.62. The first-order chi connectivity index (χ1) is 8.81. The Morgan fingerprint density at radius 3 is 1.89 bits per heavy atom. The monoisotopic (exact) mass is 276 g/mol. The van der Waals surface area contributed by atoms with Crippen LogP contribution < -0.4 is 0 Å². The molecular formula is C11H16O8. The molecule has 0 unspecified atom stereocenters. The molecule has 1 aliphatic heterocycles. The molecule has 0 bridgehead atoms. The van der Waals surface area contributed by atoms with E-state index >= 15 is 0 Å². The number of rotatable bonds is 3. The van der Waals surface area contributed by atoms with Gasteiger partial charge in [-0.15, -0.1) is 0 Å². The Kier molecular flexibility index (Phi) is 5.25.